The first-order chi connectivity index (χ1) is 9.97. The summed E-state index contributed by atoms with van der Waals surface area (Å²) in [6.45, 7) is 0.119. The minimum absolute atomic E-state index is 0.119. The molecule has 0 saturated carbocycles. The van der Waals surface area contributed by atoms with Crippen LogP contribution in [0.1, 0.15) is 12.8 Å². The minimum atomic E-state index is -0.691. The first-order valence-electron chi connectivity index (χ1n) is 6.39. The Bertz CT molecular complexity index is 673. The van der Waals surface area contributed by atoms with E-state index in [0.717, 1.165) is 6.08 Å². The van der Waals surface area contributed by atoms with Gasteiger partial charge in [-0.3, -0.25) is 29.8 Å². The number of imide groups is 1. The number of nitro groups is 1. The van der Waals surface area contributed by atoms with Crippen molar-refractivity contribution in [2.45, 2.75) is 18.9 Å². The predicted molar refractivity (Wildman–Crippen MR) is 69.1 cm³/mol. The minimum Gasteiger partial charge on any atom is -0.360 e. The molecule has 1 aliphatic carbocycles. The maximum atomic E-state index is 11.8. The van der Waals surface area contributed by atoms with Crippen molar-refractivity contribution < 1.29 is 19.3 Å². The van der Waals surface area contributed by atoms with E-state index in [-0.39, 0.29) is 18.9 Å². The van der Waals surface area contributed by atoms with Crippen molar-refractivity contribution in [1.82, 2.24) is 10.2 Å². The molecule has 8 heteroatoms. The van der Waals surface area contributed by atoms with E-state index >= 15 is 0 Å². The summed E-state index contributed by atoms with van der Waals surface area (Å²) in [6.07, 6.45) is 4.87. The van der Waals surface area contributed by atoms with E-state index in [2.05, 4.69) is 5.32 Å². The quantitative estimate of drug-likeness (QED) is 0.423. The summed E-state index contributed by atoms with van der Waals surface area (Å²) >= 11 is 0. The second kappa shape index (κ2) is 4.65. The van der Waals surface area contributed by atoms with E-state index in [0.29, 0.717) is 17.6 Å². The van der Waals surface area contributed by atoms with Crippen LogP contribution in [-0.2, 0) is 14.4 Å². The number of hydrogen-bond donors (Lipinski definition) is 1. The van der Waals surface area contributed by atoms with Gasteiger partial charge in [0.2, 0.25) is 11.8 Å². The molecule has 108 valence electrons. The SMILES string of the molecule is O=C1CCC(N2C=C3C=CC(=O)C([N+](=O)[O-])=C3C2)C(=O)N1. The highest BCUT2D eigenvalue weighted by molar-refractivity contribution is 6.05. The van der Waals surface area contributed by atoms with Crippen LogP contribution in [-0.4, -0.2) is 40.0 Å². The van der Waals surface area contributed by atoms with Gasteiger partial charge < -0.3 is 4.90 Å². The largest absolute Gasteiger partial charge is 0.360 e. The number of ketones is 1. The lowest BCUT2D eigenvalue weighted by molar-refractivity contribution is -0.419. The number of piperidine rings is 1. The Morgan fingerprint density at radius 1 is 1.29 bits per heavy atom. The molecule has 0 spiro atoms. The van der Waals surface area contributed by atoms with Crippen molar-refractivity contribution in [3.63, 3.8) is 0 Å². The molecular formula is C13H11N3O5. The predicted octanol–water partition coefficient (Wildman–Crippen LogP) is -0.339. The third kappa shape index (κ3) is 2.14. The van der Waals surface area contributed by atoms with Gasteiger partial charge in [-0.2, -0.15) is 0 Å². The third-order valence-corrected chi connectivity index (χ3v) is 3.72. The molecular weight excluding hydrogens is 278 g/mol. The Morgan fingerprint density at radius 3 is 2.71 bits per heavy atom. The molecule has 8 nitrogen and oxygen atoms in total. The van der Waals surface area contributed by atoms with E-state index in [1.807, 2.05) is 0 Å². The lowest BCUT2D eigenvalue weighted by atomic mass is 9.99. The fraction of sp³-hybridized carbons (Fsp3) is 0.308. The molecule has 0 aromatic heterocycles. The molecule has 3 rings (SSSR count). The Morgan fingerprint density at radius 2 is 2.05 bits per heavy atom. The van der Waals surface area contributed by atoms with E-state index in [4.69, 9.17) is 0 Å². The van der Waals surface area contributed by atoms with Gasteiger partial charge in [-0.25, -0.2) is 0 Å². The Labute approximate surface area is 118 Å². The van der Waals surface area contributed by atoms with Crippen LogP contribution in [0.5, 0.6) is 0 Å². The highest BCUT2D eigenvalue weighted by atomic mass is 16.6. The van der Waals surface area contributed by atoms with Gasteiger partial charge in [-0.15, -0.1) is 0 Å². The second-order valence-electron chi connectivity index (χ2n) is 5.01. The third-order valence-electron chi connectivity index (χ3n) is 3.72. The lowest BCUT2D eigenvalue weighted by Gasteiger charge is -2.29. The van der Waals surface area contributed by atoms with Crippen LogP contribution in [0.25, 0.3) is 0 Å². The normalized spacial score (nSPS) is 25.0. The molecule has 1 unspecified atom stereocenters. The molecule has 1 N–H and O–H groups in total. The average Bonchev–Trinajstić information content (AvgIpc) is 2.81. The van der Waals surface area contributed by atoms with Gasteiger partial charge in [0.05, 0.1) is 17.0 Å². The van der Waals surface area contributed by atoms with E-state index < -0.39 is 28.4 Å². The van der Waals surface area contributed by atoms with Crippen LogP contribution >= 0.6 is 0 Å². The van der Waals surface area contributed by atoms with Crippen LogP contribution in [0.3, 0.4) is 0 Å². The van der Waals surface area contributed by atoms with Crippen molar-refractivity contribution in [3.05, 3.63) is 45.3 Å². The maximum absolute atomic E-state index is 11.8. The number of rotatable bonds is 2. The topological polar surface area (TPSA) is 110 Å². The van der Waals surface area contributed by atoms with Gasteiger partial charge in [0.15, 0.2) is 0 Å². The molecule has 0 radical (unpaired) electrons. The van der Waals surface area contributed by atoms with Crippen LogP contribution in [0.15, 0.2) is 35.2 Å². The monoisotopic (exact) mass is 289 g/mol. The zero-order valence-electron chi connectivity index (χ0n) is 10.9. The van der Waals surface area contributed by atoms with Crippen LogP contribution < -0.4 is 5.32 Å². The Kier molecular flexibility index (Phi) is 2.93. The molecule has 1 fully saturated rings. The first kappa shape index (κ1) is 13.2. The molecule has 21 heavy (non-hydrogen) atoms. The molecule has 3 aliphatic rings. The molecule has 1 saturated heterocycles. The number of carbonyl (C=O) groups excluding carboxylic acids is 3. The van der Waals surface area contributed by atoms with Crippen molar-refractivity contribution in [2.75, 3.05) is 6.54 Å². The molecule has 0 bridgehead atoms. The van der Waals surface area contributed by atoms with Crippen LogP contribution in [0.4, 0.5) is 0 Å². The summed E-state index contributed by atoms with van der Waals surface area (Å²) in [5.74, 6) is -1.38. The summed E-state index contributed by atoms with van der Waals surface area (Å²) in [6, 6.07) is -0.551. The molecule has 2 aliphatic heterocycles. The molecule has 1 atom stereocenters. The highest BCUT2D eigenvalue weighted by Gasteiger charge is 2.38. The van der Waals surface area contributed by atoms with Gasteiger partial charge in [-0.05, 0) is 18.6 Å². The summed E-state index contributed by atoms with van der Waals surface area (Å²) in [5.41, 5.74) is 0.432. The average molecular weight is 289 g/mol. The van der Waals surface area contributed by atoms with Crippen molar-refractivity contribution >= 4 is 17.6 Å². The van der Waals surface area contributed by atoms with Gasteiger partial charge in [-0.1, -0.05) is 0 Å². The zero-order chi connectivity index (χ0) is 15.1. The second-order valence-corrected chi connectivity index (χ2v) is 5.01. The van der Waals surface area contributed by atoms with E-state index in [9.17, 15) is 24.5 Å². The number of nitrogens with one attached hydrogen (secondary N) is 1. The standard InChI is InChI=1S/C13H11N3O5/c17-10-3-1-7-5-15(6-8(7)12(10)16(20)21)9-2-4-11(18)14-13(9)19/h1,3,5,9H,2,4,6H2,(H,14,18,19). The summed E-state index contributed by atoms with van der Waals surface area (Å²) in [5, 5.41) is 13.3. The van der Waals surface area contributed by atoms with Crippen molar-refractivity contribution in [2.24, 2.45) is 0 Å². The smallest absolute Gasteiger partial charge is 0.321 e. The number of nitrogens with zero attached hydrogens (tertiary/aromatic N) is 2. The molecule has 0 aromatic carbocycles. The summed E-state index contributed by atoms with van der Waals surface area (Å²) in [7, 11) is 0. The van der Waals surface area contributed by atoms with Gasteiger partial charge in [0.25, 0.3) is 5.78 Å². The Hall–Kier alpha value is -2.77. The van der Waals surface area contributed by atoms with Gasteiger partial charge in [0, 0.05) is 18.2 Å². The number of amides is 2. The molecule has 2 heterocycles. The zero-order valence-corrected chi connectivity index (χ0v) is 10.9. The molecule has 2 amide bonds. The van der Waals surface area contributed by atoms with Crippen LogP contribution in [0.2, 0.25) is 0 Å². The lowest BCUT2D eigenvalue weighted by Crippen LogP contribution is -2.50. The van der Waals surface area contributed by atoms with E-state index in [1.54, 1.807) is 11.1 Å². The van der Waals surface area contributed by atoms with E-state index in [1.165, 1.54) is 6.08 Å². The van der Waals surface area contributed by atoms with Crippen molar-refractivity contribution in [1.29, 1.82) is 0 Å². The van der Waals surface area contributed by atoms with Crippen molar-refractivity contribution in [3.8, 4) is 0 Å². The highest BCUT2D eigenvalue weighted by Crippen LogP contribution is 2.31. The Balaban J connectivity index is 1.91. The van der Waals surface area contributed by atoms with Gasteiger partial charge >= 0.3 is 5.70 Å². The number of fused-ring (bicyclic) bond motifs is 1. The van der Waals surface area contributed by atoms with Gasteiger partial charge in [0.1, 0.15) is 6.04 Å². The fourth-order valence-corrected chi connectivity index (χ4v) is 2.72. The number of hydrogen-bond acceptors (Lipinski definition) is 6. The number of carbonyl (C=O) groups is 3. The summed E-state index contributed by atoms with van der Waals surface area (Å²) in [4.78, 5) is 46.6. The maximum Gasteiger partial charge on any atom is 0.321 e. The fourth-order valence-electron chi connectivity index (χ4n) is 2.72. The summed E-state index contributed by atoms with van der Waals surface area (Å²) < 4.78 is 0. The number of allylic oxidation sites excluding steroid dienone is 2. The molecule has 0 aromatic rings. The van der Waals surface area contributed by atoms with Crippen LogP contribution in [0, 0.1) is 10.1 Å². The first-order valence-corrected chi connectivity index (χ1v) is 6.39.